The number of aromatic nitrogens is 3. The first kappa shape index (κ1) is 16.0. The molecular formula is C20H17FN4O2. The molecular weight excluding hydrogens is 347 g/mol. The van der Waals surface area contributed by atoms with Gasteiger partial charge in [-0.05, 0) is 49.6 Å². The molecule has 1 fully saturated rings. The summed E-state index contributed by atoms with van der Waals surface area (Å²) in [5.74, 6) is -0.338. The first-order chi connectivity index (χ1) is 13.2. The number of halogens is 1. The molecule has 1 aliphatic rings. The summed E-state index contributed by atoms with van der Waals surface area (Å²) in [7, 11) is 0. The van der Waals surface area contributed by atoms with Gasteiger partial charge < -0.3 is 9.42 Å². The molecule has 0 N–H and O–H groups in total. The number of amides is 1. The first-order valence-electron chi connectivity index (χ1n) is 9.02. The smallest absolute Gasteiger partial charge is 0.253 e. The second-order valence-corrected chi connectivity index (χ2v) is 6.81. The number of hydrogen-bond acceptors (Lipinski definition) is 4. The van der Waals surface area contributed by atoms with Crippen molar-refractivity contribution < 1.29 is 13.7 Å². The third kappa shape index (κ3) is 2.66. The molecule has 0 saturated carbocycles. The van der Waals surface area contributed by atoms with Crippen molar-refractivity contribution in [3.63, 3.8) is 0 Å². The van der Waals surface area contributed by atoms with E-state index in [1.54, 1.807) is 28.8 Å². The summed E-state index contributed by atoms with van der Waals surface area (Å²) in [6.07, 6.45) is 6.27. The highest BCUT2D eigenvalue weighted by molar-refractivity contribution is 6.00. The zero-order valence-corrected chi connectivity index (χ0v) is 14.6. The minimum Gasteiger partial charge on any atom is -0.356 e. The van der Waals surface area contributed by atoms with Gasteiger partial charge >= 0.3 is 0 Å². The zero-order chi connectivity index (χ0) is 18.4. The highest BCUT2D eigenvalue weighted by Gasteiger charge is 2.21. The predicted molar refractivity (Wildman–Crippen MR) is 97.9 cm³/mol. The lowest BCUT2D eigenvalue weighted by molar-refractivity contribution is 0.0724. The number of fused-ring (bicyclic) bond motifs is 2. The molecule has 0 spiro atoms. The van der Waals surface area contributed by atoms with E-state index < -0.39 is 0 Å². The number of rotatable bonds is 2. The second kappa shape index (κ2) is 6.19. The van der Waals surface area contributed by atoms with E-state index in [1.165, 1.54) is 18.7 Å². The topological polar surface area (TPSA) is 63.6 Å². The number of likely N-dealkylation sites (tertiary alicyclic amines) is 1. The van der Waals surface area contributed by atoms with Crippen LogP contribution in [0.1, 0.15) is 29.6 Å². The summed E-state index contributed by atoms with van der Waals surface area (Å²) < 4.78 is 20.7. The molecule has 0 bridgehead atoms. The Morgan fingerprint density at radius 2 is 1.96 bits per heavy atom. The number of imidazole rings is 1. The number of carbonyl (C=O) groups excluding carboxylic acids is 1. The van der Waals surface area contributed by atoms with E-state index in [-0.39, 0.29) is 11.7 Å². The minimum atomic E-state index is -0.357. The SMILES string of the molecule is O=C(c1ccc2c(-c3cnc4ccc(F)cn34)noc2c1)N1CCCCC1. The van der Waals surface area contributed by atoms with Crippen molar-refractivity contribution in [1.82, 2.24) is 19.4 Å². The van der Waals surface area contributed by atoms with Crippen LogP contribution in [0.2, 0.25) is 0 Å². The van der Waals surface area contributed by atoms with Crippen LogP contribution < -0.4 is 0 Å². The Bertz CT molecular complexity index is 1160. The Balaban J connectivity index is 1.55. The molecule has 3 aromatic heterocycles. The van der Waals surface area contributed by atoms with Gasteiger partial charge in [-0.15, -0.1) is 0 Å². The van der Waals surface area contributed by atoms with Crippen LogP contribution in [-0.2, 0) is 0 Å². The van der Waals surface area contributed by atoms with Crippen LogP contribution >= 0.6 is 0 Å². The number of piperidine rings is 1. The average Bonchev–Trinajstić information content (AvgIpc) is 3.30. The van der Waals surface area contributed by atoms with E-state index in [2.05, 4.69) is 10.1 Å². The lowest BCUT2D eigenvalue weighted by Gasteiger charge is -2.26. The monoisotopic (exact) mass is 364 g/mol. The van der Waals surface area contributed by atoms with Crippen LogP contribution in [0.15, 0.2) is 47.2 Å². The summed E-state index contributed by atoms with van der Waals surface area (Å²) in [5, 5.41) is 4.91. The van der Waals surface area contributed by atoms with Gasteiger partial charge in [-0.3, -0.25) is 9.20 Å². The molecule has 4 aromatic rings. The van der Waals surface area contributed by atoms with Gasteiger partial charge in [0, 0.05) is 24.8 Å². The molecule has 0 radical (unpaired) electrons. The van der Waals surface area contributed by atoms with Crippen LogP contribution in [0.25, 0.3) is 28.0 Å². The van der Waals surface area contributed by atoms with Gasteiger partial charge in [-0.1, -0.05) is 5.16 Å². The van der Waals surface area contributed by atoms with Crippen molar-refractivity contribution in [2.75, 3.05) is 13.1 Å². The molecule has 7 heteroatoms. The lowest BCUT2D eigenvalue weighted by atomic mass is 10.1. The third-order valence-corrected chi connectivity index (χ3v) is 5.07. The fourth-order valence-electron chi connectivity index (χ4n) is 3.66. The molecule has 27 heavy (non-hydrogen) atoms. The molecule has 6 nitrogen and oxygen atoms in total. The molecule has 0 atom stereocenters. The standard InChI is InChI=1S/C20H17FN4O2/c21-14-5-7-18-22-11-16(25(18)12-14)19-15-6-4-13(10-17(15)27-23-19)20(26)24-8-2-1-3-9-24/h4-7,10-12H,1-3,8-9H2. The maximum atomic E-state index is 13.6. The van der Waals surface area contributed by atoms with Gasteiger partial charge in [0.2, 0.25) is 0 Å². The zero-order valence-electron chi connectivity index (χ0n) is 14.6. The Labute approximate surface area is 154 Å². The summed E-state index contributed by atoms with van der Waals surface area (Å²) in [6, 6.07) is 8.33. The van der Waals surface area contributed by atoms with Gasteiger partial charge in [0.15, 0.2) is 5.58 Å². The van der Waals surface area contributed by atoms with Crippen molar-refractivity contribution in [3.8, 4) is 11.4 Å². The van der Waals surface area contributed by atoms with Gasteiger partial charge in [-0.25, -0.2) is 9.37 Å². The molecule has 0 unspecified atom stereocenters. The predicted octanol–water partition coefficient (Wildman–Crippen LogP) is 3.91. The van der Waals surface area contributed by atoms with Crippen molar-refractivity contribution in [2.24, 2.45) is 0 Å². The van der Waals surface area contributed by atoms with Crippen LogP contribution in [0.5, 0.6) is 0 Å². The molecule has 1 aromatic carbocycles. The van der Waals surface area contributed by atoms with Crippen molar-refractivity contribution in [1.29, 1.82) is 0 Å². The second-order valence-electron chi connectivity index (χ2n) is 6.81. The number of hydrogen-bond donors (Lipinski definition) is 0. The Morgan fingerprint density at radius 3 is 2.81 bits per heavy atom. The summed E-state index contributed by atoms with van der Waals surface area (Å²) in [5.41, 5.74) is 2.95. The molecule has 1 aliphatic heterocycles. The maximum absolute atomic E-state index is 13.6. The summed E-state index contributed by atoms with van der Waals surface area (Å²) in [4.78, 5) is 18.9. The summed E-state index contributed by atoms with van der Waals surface area (Å²) in [6.45, 7) is 1.60. The maximum Gasteiger partial charge on any atom is 0.253 e. The van der Waals surface area contributed by atoms with Crippen LogP contribution in [-0.4, -0.2) is 38.4 Å². The molecule has 1 amide bonds. The molecule has 0 aliphatic carbocycles. The van der Waals surface area contributed by atoms with E-state index in [0.29, 0.717) is 28.2 Å². The number of nitrogens with zero attached hydrogens (tertiary/aromatic N) is 4. The average molecular weight is 364 g/mol. The molecule has 5 rings (SSSR count). The molecule has 136 valence electrons. The van der Waals surface area contributed by atoms with E-state index in [4.69, 9.17) is 4.52 Å². The van der Waals surface area contributed by atoms with Crippen molar-refractivity contribution in [3.05, 3.63) is 54.1 Å². The van der Waals surface area contributed by atoms with Crippen LogP contribution in [0.3, 0.4) is 0 Å². The summed E-state index contributed by atoms with van der Waals surface area (Å²) >= 11 is 0. The van der Waals surface area contributed by atoms with Gasteiger partial charge in [0.05, 0.1) is 17.3 Å². The lowest BCUT2D eigenvalue weighted by Crippen LogP contribution is -2.35. The van der Waals surface area contributed by atoms with Gasteiger partial charge in [0.1, 0.15) is 17.2 Å². The van der Waals surface area contributed by atoms with Gasteiger partial charge in [-0.2, -0.15) is 0 Å². The first-order valence-corrected chi connectivity index (χ1v) is 9.02. The number of pyridine rings is 1. The Kier molecular flexibility index (Phi) is 3.67. The van der Waals surface area contributed by atoms with E-state index in [1.807, 2.05) is 11.0 Å². The fourth-order valence-corrected chi connectivity index (χ4v) is 3.66. The number of carbonyl (C=O) groups is 1. The van der Waals surface area contributed by atoms with E-state index in [0.717, 1.165) is 31.3 Å². The normalized spacial score (nSPS) is 14.9. The quantitative estimate of drug-likeness (QED) is 0.541. The number of benzene rings is 1. The highest BCUT2D eigenvalue weighted by Crippen LogP contribution is 2.29. The Hall–Kier alpha value is -3.22. The van der Waals surface area contributed by atoms with Gasteiger partial charge in [0.25, 0.3) is 5.91 Å². The largest absolute Gasteiger partial charge is 0.356 e. The fraction of sp³-hybridized carbons (Fsp3) is 0.250. The van der Waals surface area contributed by atoms with Crippen molar-refractivity contribution >= 4 is 22.5 Å². The Morgan fingerprint density at radius 1 is 1.11 bits per heavy atom. The van der Waals surface area contributed by atoms with Crippen molar-refractivity contribution in [2.45, 2.75) is 19.3 Å². The van der Waals surface area contributed by atoms with E-state index in [9.17, 15) is 9.18 Å². The minimum absolute atomic E-state index is 0.0198. The van der Waals surface area contributed by atoms with Crippen LogP contribution in [0.4, 0.5) is 4.39 Å². The third-order valence-electron chi connectivity index (χ3n) is 5.07. The van der Waals surface area contributed by atoms with Crippen LogP contribution in [0, 0.1) is 5.82 Å². The molecule has 1 saturated heterocycles. The van der Waals surface area contributed by atoms with E-state index >= 15 is 0 Å². The molecule has 4 heterocycles. The highest BCUT2D eigenvalue weighted by atomic mass is 19.1.